The van der Waals surface area contributed by atoms with Crippen molar-refractivity contribution in [3.63, 3.8) is 0 Å². The highest BCUT2D eigenvalue weighted by Crippen LogP contribution is 2.26. The van der Waals surface area contributed by atoms with Crippen LogP contribution in [-0.2, 0) is 9.53 Å². The summed E-state index contributed by atoms with van der Waals surface area (Å²) < 4.78 is 5.49. The first kappa shape index (κ1) is 14.2. The first-order chi connectivity index (χ1) is 8.51. The van der Waals surface area contributed by atoms with Crippen LogP contribution in [-0.4, -0.2) is 5.78 Å². The van der Waals surface area contributed by atoms with Crippen LogP contribution in [0.15, 0.2) is 36.6 Å². The lowest BCUT2D eigenvalue weighted by atomic mass is 9.98. The average Bonchev–Trinajstić information content (AvgIpc) is 2.28. The summed E-state index contributed by atoms with van der Waals surface area (Å²) in [6, 6.07) is 6.08. The minimum atomic E-state index is 0.0364. The Morgan fingerprint density at radius 1 is 1.39 bits per heavy atom. The minimum absolute atomic E-state index is 0.0364. The lowest BCUT2D eigenvalue weighted by Gasteiger charge is -2.14. The van der Waals surface area contributed by atoms with Crippen molar-refractivity contribution in [2.24, 2.45) is 0 Å². The zero-order chi connectivity index (χ0) is 13.7. The molecule has 0 amide bonds. The van der Waals surface area contributed by atoms with Gasteiger partial charge in [0.25, 0.3) is 0 Å². The van der Waals surface area contributed by atoms with Crippen LogP contribution in [0.4, 0.5) is 0 Å². The number of aryl methyl sites for hydroxylation is 2. The number of allylic oxidation sites excluding steroid dienone is 1. The second kappa shape index (κ2) is 6.20. The summed E-state index contributed by atoms with van der Waals surface area (Å²) in [4.78, 5) is 11.7. The zero-order valence-corrected chi connectivity index (χ0v) is 11.5. The molecule has 0 unspecified atom stereocenters. The third kappa shape index (κ3) is 3.10. The van der Waals surface area contributed by atoms with Gasteiger partial charge in [-0.2, -0.15) is 0 Å². The highest BCUT2D eigenvalue weighted by atomic mass is 16.5. The molecule has 0 N–H and O–H groups in total. The van der Waals surface area contributed by atoms with Gasteiger partial charge in [-0.05, 0) is 32.8 Å². The smallest absolute Gasteiger partial charge is 0.159 e. The van der Waals surface area contributed by atoms with Crippen LogP contribution in [0.1, 0.15) is 37.0 Å². The molecule has 0 aliphatic rings. The molecule has 2 nitrogen and oxygen atoms in total. The molecule has 0 fully saturated rings. The monoisotopic (exact) mass is 244 g/mol. The third-order valence-electron chi connectivity index (χ3n) is 2.88. The molecule has 0 spiro atoms. The van der Waals surface area contributed by atoms with Gasteiger partial charge >= 0.3 is 0 Å². The molecule has 18 heavy (non-hydrogen) atoms. The fraction of sp³-hybridized carbons (Fsp3) is 0.312. The van der Waals surface area contributed by atoms with E-state index in [0.29, 0.717) is 17.8 Å². The SMILES string of the molecule is C=CO/C(=C(\CC)C(C)=O)c1ccc(C)cc1C. The summed E-state index contributed by atoms with van der Waals surface area (Å²) in [7, 11) is 0. The van der Waals surface area contributed by atoms with Crippen LogP contribution in [0.5, 0.6) is 0 Å². The van der Waals surface area contributed by atoms with Gasteiger partial charge in [0.2, 0.25) is 0 Å². The number of Topliss-reactive ketones (excluding diaryl/α,β-unsaturated/α-hetero) is 1. The van der Waals surface area contributed by atoms with Crippen molar-refractivity contribution in [2.45, 2.75) is 34.1 Å². The molecule has 1 aromatic carbocycles. The highest BCUT2D eigenvalue weighted by molar-refractivity contribution is 6.00. The van der Waals surface area contributed by atoms with Gasteiger partial charge < -0.3 is 4.74 Å². The molecule has 0 aromatic heterocycles. The van der Waals surface area contributed by atoms with Crippen LogP contribution >= 0.6 is 0 Å². The number of rotatable bonds is 5. The molecule has 0 atom stereocenters. The molecule has 0 saturated heterocycles. The zero-order valence-electron chi connectivity index (χ0n) is 11.5. The molecular formula is C16H20O2. The summed E-state index contributed by atoms with van der Waals surface area (Å²) in [6.45, 7) is 11.2. The molecule has 0 aliphatic carbocycles. The van der Waals surface area contributed by atoms with Crippen molar-refractivity contribution in [3.8, 4) is 0 Å². The number of carbonyl (C=O) groups is 1. The van der Waals surface area contributed by atoms with E-state index in [1.165, 1.54) is 11.8 Å². The number of ketones is 1. The Morgan fingerprint density at radius 3 is 2.50 bits per heavy atom. The first-order valence-corrected chi connectivity index (χ1v) is 6.10. The minimum Gasteiger partial charge on any atom is -0.465 e. The second-order valence-corrected chi connectivity index (χ2v) is 4.32. The van der Waals surface area contributed by atoms with Gasteiger partial charge in [-0.25, -0.2) is 0 Å². The lowest BCUT2D eigenvalue weighted by Crippen LogP contribution is -2.03. The van der Waals surface area contributed by atoms with E-state index in [1.807, 2.05) is 32.9 Å². The van der Waals surface area contributed by atoms with Gasteiger partial charge in [0.05, 0.1) is 6.26 Å². The van der Waals surface area contributed by atoms with E-state index < -0.39 is 0 Å². The molecule has 0 radical (unpaired) electrons. The Bertz CT molecular complexity index is 496. The predicted octanol–water partition coefficient (Wildman–Crippen LogP) is 4.17. The van der Waals surface area contributed by atoms with Gasteiger partial charge in [-0.15, -0.1) is 0 Å². The van der Waals surface area contributed by atoms with Crippen LogP contribution in [0.2, 0.25) is 0 Å². The maximum absolute atomic E-state index is 11.7. The van der Waals surface area contributed by atoms with E-state index in [0.717, 1.165) is 11.1 Å². The molecule has 2 heteroatoms. The highest BCUT2D eigenvalue weighted by Gasteiger charge is 2.15. The Balaban J connectivity index is 3.44. The standard InChI is InChI=1S/C16H20O2/c1-6-14(13(5)17)16(18-7-2)15-9-8-11(3)10-12(15)4/h7-10H,2,6H2,1,3-5H3/b16-14+. The van der Waals surface area contributed by atoms with Crippen molar-refractivity contribution >= 4 is 11.5 Å². The normalized spacial score (nSPS) is 11.8. The van der Waals surface area contributed by atoms with Crippen molar-refractivity contribution in [1.29, 1.82) is 0 Å². The quantitative estimate of drug-likeness (QED) is 0.574. The topological polar surface area (TPSA) is 26.3 Å². The van der Waals surface area contributed by atoms with Crippen LogP contribution < -0.4 is 0 Å². The summed E-state index contributed by atoms with van der Waals surface area (Å²) in [5, 5.41) is 0. The number of carbonyl (C=O) groups excluding carboxylic acids is 1. The maximum Gasteiger partial charge on any atom is 0.159 e. The number of hydrogen-bond acceptors (Lipinski definition) is 2. The van der Waals surface area contributed by atoms with Crippen LogP contribution in [0.25, 0.3) is 5.76 Å². The Hall–Kier alpha value is -1.83. The molecule has 96 valence electrons. The molecule has 1 rings (SSSR count). The third-order valence-corrected chi connectivity index (χ3v) is 2.88. The number of ether oxygens (including phenoxy) is 1. The van der Waals surface area contributed by atoms with Gasteiger partial charge in [0, 0.05) is 11.1 Å². The molecular weight excluding hydrogens is 224 g/mol. The fourth-order valence-electron chi connectivity index (χ4n) is 2.02. The van der Waals surface area contributed by atoms with E-state index in [4.69, 9.17) is 4.74 Å². The molecule has 0 heterocycles. The Kier molecular flexibility index (Phi) is 4.90. The fourth-order valence-corrected chi connectivity index (χ4v) is 2.02. The molecule has 0 bridgehead atoms. The summed E-state index contributed by atoms with van der Waals surface area (Å²) in [5.74, 6) is 0.659. The van der Waals surface area contributed by atoms with E-state index in [9.17, 15) is 4.79 Å². The average molecular weight is 244 g/mol. The van der Waals surface area contributed by atoms with Gasteiger partial charge in [0.15, 0.2) is 5.78 Å². The molecule has 1 aromatic rings. The Labute approximate surface area is 109 Å². The van der Waals surface area contributed by atoms with Crippen molar-refractivity contribution in [1.82, 2.24) is 0 Å². The first-order valence-electron chi connectivity index (χ1n) is 6.10. The van der Waals surface area contributed by atoms with Crippen LogP contribution in [0, 0.1) is 13.8 Å². The van der Waals surface area contributed by atoms with Crippen molar-refractivity contribution < 1.29 is 9.53 Å². The Morgan fingerprint density at radius 2 is 2.06 bits per heavy atom. The summed E-state index contributed by atoms with van der Waals surface area (Å²) >= 11 is 0. The predicted molar refractivity (Wildman–Crippen MR) is 75.1 cm³/mol. The van der Waals surface area contributed by atoms with E-state index in [1.54, 1.807) is 6.92 Å². The van der Waals surface area contributed by atoms with E-state index in [2.05, 4.69) is 12.6 Å². The lowest BCUT2D eigenvalue weighted by molar-refractivity contribution is -0.113. The molecule has 0 aliphatic heterocycles. The molecule has 0 saturated carbocycles. The summed E-state index contributed by atoms with van der Waals surface area (Å²) in [6.07, 6.45) is 2.01. The van der Waals surface area contributed by atoms with Gasteiger partial charge in [-0.3, -0.25) is 4.79 Å². The largest absolute Gasteiger partial charge is 0.465 e. The van der Waals surface area contributed by atoms with Crippen LogP contribution in [0.3, 0.4) is 0 Å². The number of benzene rings is 1. The van der Waals surface area contributed by atoms with Gasteiger partial charge in [0.1, 0.15) is 5.76 Å². The van der Waals surface area contributed by atoms with E-state index >= 15 is 0 Å². The van der Waals surface area contributed by atoms with E-state index in [-0.39, 0.29) is 5.78 Å². The summed E-state index contributed by atoms with van der Waals surface area (Å²) in [5.41, 5.74) is 3.93. The van der Waals surface area contributed by atoms with Crippen molar-refractivity contribution in [2.75, 3.05) is 0 Å². The van der Waals surface area contributed by atoms with Crippen molar-refractivity contribution in [3.05, 3.63) is 53.3 Å². The van der Waals surface area contributed by atoms with Gasteiger partial charge in [-0.1, -0.05) is 37.3 Å². The number of hydrogen-bond donors (Lipinski definition) is 0. The maximum atomic E-state index is 11.7. The second-order valence-electron chi connectivity index (χ2n) is 4.32.